The summed E-state index contributed by atoms with van der Waals surface area (Å²) in [6, 6.07) is 0. The number of nitrogens with two attached hydrogens (primary N) is 1. The van der Waals surface area contributed by atoms with E-state index in [1.54, 1.807) is 0 Å². The first-order valence-corrected chi connectivity index (χ1v) is 3.49. The summed E-state index contributed by atoms with van der Waals surface area (Å²) >= 11 is 0. The van der Waals surface area contributed by atoms with Gasteiger partial charge >= 0.3 is 0 Å². The van der Waals surface area contributed by atoms with Gasteiger partial charge in [-0.25, -0.2) is 0 Å². The number of carbonyl (C=O) groups excluding carboxylic acids is 1. The van der Waals surface area contributed by atoms with Crippen molar-refractivity contribution in [3.63, 3.8) is 0 Å². The number of rotatable bonds is 5. The molecule has 0 aliphatic carbocycles. The zero-order chi connectivity index (χ0) is 10.6. The van der Waals surface area contributed by atoms with E-state index in [0.29, 0.717) is 0 Å². The van der Waals surface area contributed by atoms with Crippen LogP contribution in [0.4, 0.5) is 0 Å². The highest BCUT2D eigenvalue weighted by atomic mass is 16.4. The van der Waals surface area contributed by atoms with Crippen molar-refractivity contribution in [1.82, 2.24) is 0 Å². The molecule has 0 aromatic carbocycles. The van der Waals surface area contributed by atoms with Crippen molar-refractivity contribution in [2.24, 2.45) is 5.73 Å². The Bertz CT molecular complexity index is 173. The monoisotopic (exact) mass is 195 g/mol. The van der Waals surface area contributed by atoms with Crippen molar-refractivity contribution >= 4 is 6.29 Å². The van der Waals surface area contributed by atoms with Gasteiger partial charge in [0.1, 0.15) is 18.3 Å². The Morgan fingerprint density at radius 1 is 1.38 bits per heavy atom. The summed E-state index contributed by atoms with van der Waals surface area (Å²) in [4.78, 5) is 10.1. The van der Waals surface area contributed by atoms with Gasteiger partial charge in [-0.15, -0.1) is 0 Å². The molecule has 13 heavy (non-hydrogen) atoms. The Morgan fingerprint density at radius 3 is 2.15 bits per heavy atom. The topological polar surface area (TPSA) is 144 Å². The summed E-state index contributed by atoms with van der Waals surface area (Å²) in [5.74, 6) is 0. The SMILES string of the molecule is N[C@](O)(C=O)C(O)C(O)C(O)CO. The predicted octanol–water partition coefficient (Wildman–Crippen LogP) is -4.09. The predicted molar refractivity (Wildman–Crippen MR) is 40.3 cm³/mol. The summed E-state index contributed by atoms with van der Waals surface area (Å²) in [5, 5.41) is 44.1. The number of hydrogen-bond acceptors (Lipinski definition) is 7. The lowest BCUT2D eigenvalue weighted by Crippen LogP contribution is -2.60. The number of aldehydes is 1. The Hall–Kier alpha value is -0.570. The van der Waals surface area contributed by atoms with Crippen LogP contribution in [0.2, 0.25) is 0 Å². The third-order valence-corrected chi connectivity index (χ3v) is 1.57. The van der Waals surface area contributed by atoms with Crippen molar-refractivity contribution in [2.75, 3.05) is 6.61 Å². The van der Waals surface area contributed by atoms with Crippen LogP contribution >= 0.6 is 0 Å². The molecule has 7 nitrogen and oxygen atoms in total. The van der Waals surface area contributed by atoms with Gasteiger partial charge < -0.3 is 25.5 Å². The molecule has 7 N–H and O–H groups in total. The van der Waals surface area contributed by atoms with Crippen LogP contribution in [0.1, 0.15) is 0 Å². The first-order valence-electron chi connectivity index (χ1n) is 3.49. The number of aliphatic hydroxyl groups excluding tert-OH is 4. The van der Waals surface area contributed by atoms with E-state index in [9.17, 15) is 4.79 Å². The molecule has 0 aliphatic rings. The minimum atomic E-state index is -2.64. The minimum absolute atomic E-state index is 0.176. The summed E-state index contributed by atoms with van der Waals surface area (Å²) < 4.78 is 0. The lowest BCUT2D eigenvalue weighted by atomic mass is 10.00. The third kappa shape index (κ3) is 2.99. The molecule has 4 atom stereocenters. The first kappa shape index (κ1) is 12.4. The Morgan fingerprint density at radius 2 is 1.85 bits per heavy atom. The fraction of sp³-hybridized carbons (Fsp3) is 0.833. The second-order valence-electron chi connectivity index (χ2n) is 2.69. The molecule has 7 heteroatoms. The molecule has 0 aliphatic heterocycles. The molecule has 0 radical (unpaired) electrons. The van der Waals surface area contributed by atoms with Crippen molar-refractivity contribution in [3.8, 4) is 0 Å². The first-order chi connectivity index (χ1) is 5.86. The largest absolute Gasteiger partial charge is 0.394 e. The molecule has 0 bridgehead atoms. The fourth-order valence-electron chi connectivity index (χ4n) is 0.662. The minimum Gasteiger partial charge on any atom is -0.394 e. The highest BCUT2D eigenvalue weighted by Crippen LogP contribution is 2.08. The van der Waals surface area contributed by atoms with Crippen LogP contribution in [0.15, 0.2) is 0 Å². The van der Waals surface area contributed by atoms with Crippen molar-refractivity contribution in [3.05, 3.63) is 0 Å². The Labute approximate surface area is 74.0 Å². The molecular weight excluding hydrogens is 182 g/mol. The van der Waals surface area contributed by atoms with Crippen LogP contribution in [0, 0.1) is 0 Å². The van der Waals surface area contributed by atoms with E-state index in [4.69, 9.17) is 31.3 Å². The normalized spacial score (nSPS) is 22.9. The maximum absolute atomic E-state index is 10.1. The quantitative estimate of drug-likeness (QED) is 0.193. The highest BCUT2D eigenvalue weighted by Gasteiger charge is 2.39. The van der Waals surface area contributed by atoms with Gasteiger partial charge in [-0.3, -0.25) is 10.5 Å². The van der Waals surface area contributed by atoms with E-state index in [2.05, 4.69) is 0 Å². The summed E-state index contributed by atoms with van der Waals surface area (Å²) in [6.45, 7) is -0.826. The lowest BCUT2D eigenvalue weighted by molar-refractivity contribution is -0.163. The molecule has 0 aromatic rings. The molecule has 0 saturated heterocycles. The molecular formula is C6H13NO6. The number of aliphatic hydroxyl groups is 5. The van der Waals surface area contributed by atoms with Gasteiger partial charge in [-0.05, 0) is 0 Å². The molecule has 0 saturated carbocycles. The van der Waals surface area contributed by atoms with Crippen molar-refractivity contribution < 1.29 is 30.3 Å². The van der Waals surface area contributed by atoms with Crippen LogP contribution in [0.3, 0.4) is 0 Å². The summed E-state index contributed by atoms with van der Waals surface area (Å²) in [7, 11) is 0. The van der Waals surface area contributed by atoms with E-state index < -0.39 is 30.6 Å². The van der Waals surface area contributed by atoms with Gasteiger partial charge in [-0.1, -0.05) is 0 Å². The molecule has 0 rings (SSSR count). The van der Waals surface area contributed by atoms with Gasteiger partial charge in [0.15, 0.2) is 12.0 Å². The van der Waals surface area contributed by atoms with Gasteiger partial charge in [0.05, 0.1) is 6.61 Å². The Kier molecular flexibility index (Phi) is 4.40. The van der Waals surface area contributed by atoms with Crippen LogP contribution in [-0.2, 0) is 4.79 Å². The zero-order valence-electron chi connectivity index (χ0n) is 6.74. The van der Waals surface area contributed by atoms with E-state index in [0.717, 1.165) is 0 Å². The summed E-state index contributed by atoms with van der Waals surface area (Å²) in [6.07, 6.45) is -5.81. The average Bonchev–Trinajstić information content (AvgIpc) is 2.14. The second kappa shape index (κ2) is 4.61. The molecule has 78 valence electrons. The van der Waals surface area contributed by atoms with Gasteiger partial charge in [0.25, 0.3) is 0 Å². The smallest absolute Gasteiger partial charge is 0.199 e. The molecule has 0 aromatic heterocycles. The van der Waals surface area contributed by atoms with Crippen molar-refractivity contribution in [2.45, 2.75) is 24.0 Å². The van der Waals surface area contributed by atoms with E-state index in [-0.39, 0.29) is 6.29 Å². The molecule has 0 amide bonds. The summed E-state index contributed by atoms with van der Waals surface area (Å²) in [5.41, 5.74) is 2.19. The lowest BCUT2D eigenvalue weighted by Gasteiger charge is -2.28. The maximum Gasteiger partial charge on any atom is 0.199 e. The standard InChI is InChI=1S/C6H13NO6/c7-6(13,2-9)5(12)4(11)3(10)1-8/h2-5,8,10-13H,1,7H2/t3?,4?,5?,6-/m0/s1. The van der Waals surface area contributed by atoms with Crippen LogP contribution < -0.4 is 5.73 Å². The second-order valence-corrected chi connectivity index (χ2v) is 2.69. The van der Waals surface area contributed by atoms with E-state index in [1.807, 2.05) is 0 Å². The molecule has 0 spiro atoms. The highest BCUT2D eigenvalue weighted by molar-refractivity contribution is 5.62. The molecule has 0 fully saturated rings. The van der Waals surface area contributed by atoms with Gasteiger partial charge in [0.2, 0.25) is 0 Å². The molecule has 0 heterocycles. The van der Waals surface area contributed by atoms with Crippen LogP contribution in [-0.4, -0.2) is 62.5 Å². The molecule has 3 unspecified atom stereocenters. The zero-order valence-corrected chi connectivity index (χ0v) is 6.74. The number of carbonyl (C=O) groups is 1. The Balaban J connectivity index is 4.40. The third-order valence-electron chi connectivity index (χ3n) is 1.57. The van der Waals surface area contributed by atoms with Gasteiger partial charge in [0, 0.05) is 0 Å². The van der Waals surface area contributed by atoms with E-state index >= 15 is 0 Å². The number of hydrogen-bond donors (Lipinski definition) is 6. The van der Waals surface area contributed by atoms with Gasteiger partial charge in [-0.2, -0.15) is 0 Å². The van der Waals surface area contributed by atoms with Crippen molar-refractivity contribution in [1.29, 1.82) is 0 Å². The maximum atomic E-state index is 10.1. The fourth-order valence-corrected chi connectivity index (χ4v) is 0.662. The average molecular weight is 195 g/mol. The van der Waals surface area contributed by atoms with Crippen LogP contribution in [0.5, 0.6) is 0 Å². The van der Waals surface area contributed by atoms with Crippen LogP contribution in [0.25, 0.3) is 0 Å². The van der Waals surface area contributed by atoms with E-state index in [1.165, 1.54) is 0 Å².